The van der Waals surface area contributed by atoms with Crippen molar-refractivity contribution in [2.75, 3.05) is 6.54 Å². The Morgan fingerprint density at radius 2 is 1.70 bits per heavy atom. The third-order valence-corrected chi connectivity index (χ3v) is 8.18. The number of hydrazine groups is 1. The van der Waals surface area contributed by atoms with Crippen molar-refractivity contribution in [3.8, 4) is 0 Å². The van der Waals surface area contributed by atoms with Crippen molar-refractivity contribution < 1.29 is 21.6 Å². The lowest BCUT2D eigenvalue weighted by molar-refractivity contribution is -0.124. The van der Waals surface area contributed by atoms with Crippen molar-refractivity contribution in [2.24, 2.45) is 0 Å². The highest BCUT2D eigenvalue weighted by Gasteiger charge is 2.42. The molecule has 1 saturated heterocycles. The first-order valence-electron chi connectivity index (χ1n) is 9.18. The van der Waals surface area contributed by atoms with Gasteiger partial charge in [0.05, 0.1) is 10.6 Å². The van der Waals surface area contributed by atoms with Crippen LogP contribution in [0.2, 0.25) is 0 Å². The first kappa shape index (κ1) is 22.8. The van der Waals surface area contributed by atoms with Gasteiger partial charge in [-0.1, -0.05) is 48.0 Å². The molecular formula is C19H23N3O5S3. The van der Waals surface area contributed by atoms with Gasteiger partial charge in [-0.05, 0) is 31.0 Å². The minimum Gasteiger partial charge on any atom is -0.276 e. The molecule has 2 aromatic carbocycles. The zero-order valence-electron chi connectivity index (χ0n) is 16.2. The SMILES string of the molecule is Cc1ccc(S(=O)(=O)NNC(=O)[C@@H]2C[C@@H](S)CN2S(=O)(=O)Cc2ccccc2)cc1. The number of carbonyl (C=O) groups excluding carboxylic acids is 1. The second-order valence-electron chi connectivity index (χ2n) is 7.12. The number of nitrogens with one attached hydrogen (secondary N) is 2. The lowest BCUT2D eigenvalue weighted by Gasteiger charge is -2.23. The highest BCUT2D eigenvalue weighted by Crippen LogP contribution is 2.27. The molecule has 0 saturated carbocycles. The number of benzene rings is 2. The van der Waals surface area contributed by atoms with Crippen LogP contribution in [0.1, 0.15) is 17.5 Å². The molecule has 0 aromatic heterocycles. The van der Waals surface area contributed by atoms with E-state index in [1.807, 2.05) is 11.8 Å². The van der Waals surface area contributed by atoms with E-state index in [4.69, 9.17) is 0 Å². The summed E-state index contributed by atoms with van der Waals surface area (Å²) in [6, 6.07) is 13.7. The number of carbonyl (C=O) groups is 1. The minimum absolute atomic E-state index is 0.0135. The number of amides is 1. The predicted octanol–water partition coefficient (Wildman–Crippen LogP) is 1.21. The van der Waals surface area contributed by atoms with Crippen molar-refractivity contribution in [1.29, 1.82) is 0 Å². The summed E-state index contributed by atoms with van der Waals surface area (Å²) in [5.41, 5.74) is 3.64. The van der Waals surface area contributed by atoms with Crippen molar-refractivity contribution in [1.82, 2.24) is 14.6 Å². The maximum atomic E-state index is 12.9. The molecule has 1 heterocycles. The molecule has 1 fully saturated rings. The number of thiol groups is 1. The topological polar surface area (TPSA) is 113 Å². The van der Waals surface area contributed by atoms with E-state index in [0.717, 1.165) is 9.87 Å². The Morgan fingerprint density at radius 3 is 2.33 bits per heavy atom. The standard InChI is InChI=1S/C19H23N3O5S3/c1-14-7-9-17(10-8-14)30(26,27)21-20-19(23)18-11-16(28)12-22(18)29(24,25)13-15-5-3-2-4-6-15/h2-10,16,18,21,28H,11-13H2,1H3,(H,20,23)/t16-,18+/m1/s1. The molecule has 11 heteroatoms. The van der Waals surface area contributed by atoms with Crippen molar-refractivity contribution >= 4 is 38.6 Å². The van der Waals surface area contributed by atoms with Gasteiger partial charge in [-0.3, -0.25) is 10.2 Å². The largest absolute Gasteiger partial charge is 0.276 e. The quantitative estimate of drug-likeness (QED) is 0.417. The molecule has 0 spiro atoms. The zero-order chi connectivity index (χ0) is 21.9. The maximum Gasteiger partial charge on any atom is 0.257 e. The molecule has 0 bridgehead atoms. The first-order valence-corrected chi connectivity index (χ1v) is 12.8. The van der Waals surface area contributed by atoms with E-state index in [9.17, 15) is 21.6 Å². The Morgan fingerprint density at radius 1 is 1.07 bits per heavy atom. The van der Waals surface area contributed by atoms with E-state index in [2.05, 4.69) is 18.1 Å². The highest BCUT2D eigenvalue weighted by atomic mass is 32.2. The molecule has 2 atom stereocenters. The van der Waals surface area contributed by atoms with Gasteiger partial charge in [-0.2, -0.15) is 16.9 Å². The van der Waals surface area contributed by atoms with Gasteiger partial charge in [0.25, 0.3) is 15.9 Å². The molecule has 1 aliphatic rings. The molecule has 0 radical (unpaired) electrons. The molecule has 1 amide bonds. The lowest BCUT2D eigenvalue weighted by Crippen LogP contribution is -2.51. The fraction of sp³-hybridized carbons (Fsp3) is 0.316. The van der Waals surface area contributed by atoms with E-state index in [1.165, 1.54) is 12.1 Å². The van der Waals surface area contributed by atoms with Gasteiger partial charge in [0.2, 0.25) is 10.0 Å². The highest BCUT2D eigenvalue weighted by molar-refractivity contribution is 7.89. The number of rotatable bonds is 7. The smallest absolute Gasteiger partial charge is 0.257 e. The van der Waals surface area contributed by atoms with Crippen molar-refractivity contribution in [3.05, 3.63) is 65.7 Å². The summed E-state index contributed by atoms with van der Waals surface area (Å²) >= 11 is 4.33. The van der Waals surface area contributed by atoms with Crippen molar-refractivity contribution in [2.45, 2.75) is 35.3 Å². The van der Waals surface area contributed by atoms with E-state index in [0.29, 0.717) is 5.56 Å². The predicted molar refractivity (Wildman–Crippen MR) is 117 cm³/mol. The molecular weight excluding hydrogens is 446 g/mol. The lowest BCUT2D eigenvalue weighted by atomic mass is 10.2. The van der Waals surface area contributed by atoms with E-state index in [1.54, 1.807) is 42.5 Å². The van der Waals surface area contributed by atoms with Gasteiger partial charge in [-0.15, -0.1) is 4.83 Å². The van der Waals surface area contributed by atoms with E-state index < -0.39 is 32.0 Å². The Kier molecular flexibility index (Phi) is 6.88. The van der Waals surface area contributed by atoms with Crippen LogP contribution >= 0.6 is 12.6 Å². The average Bonchev–Trinajstić information content (AvgIpc) is 3.10. The van der Waals surface area contributed by atoms with Crippen LogP contribution in [0.4, 0.5) is 0 Å². The number of hydrogen-bond acceptors (Lipinski definition) is 6. The molecule has 162 valence electrons. The zero-order valence-corrected chi connectivity index (χ0v) is 18.8. The van der Waals surface area contributed by atoms with Crippen LogP contribution in [0.3, 0.4) is 0 Å². The van der Waals surface area contributed by atoms with Crippen LogP contribution in [-0.2, 0) is 30.6 Å². The number of nitrogens with zero attached hydrogens (tertiary/aromatic N) is 1. The van der Waals surface area contributed by atoms with Crippen molar-refractivity contribution in [3.63, 3.8) is 0 Å². The second-order valence-corrected chi connectivity index (χ2v) is 11.5. The third kappa shape index (κ3) is 5.41. The van der Waals surface area contributed by atoms with Gasteiger partial charge >= 0.3 is 0 Å². The van der Waals surface area contributed by atoms with Gasteiger partial charge < -0.3 is 0 Å². The monoisotopic (exact) mass is 469 g/mol. The van der Waals surface area contributed by atoms with E-state index >= 15 is 0 Å². The van der Waals surface area contributed by atoms with Gasteiger partial charge in [0, 0.05) is 11.8 Å². The molecule has 2 aromatic rings. The van der Waals surface area contributed by atoms with Crippen LogP contribution in [0.25, 0.3) is 0 Å². The fourth-order valence-electron chi connectivity index (χ4n) is 3.17. The molecule has 30 heavy (non-hydrogen) atoms. The first-order chi connectivity index (χ1) is 14.1. The number of sulfonamides is 2. The number of aryl methyl sites for hydroxylation is 1. The fourth-order valence-corrected chi connectivity index (χ4v) is 6.26. The molecule has 2 N–H and O–H groups in total. The summed E-state index contributed by atoms with van der Waals surface area (Å²) in [6.45, 7) is 1.89. The van der Waals surface area contributed by atoms with E-state index in [-0.39, 0.29) is 28.9 Å². The summed E-state index contributed by atoms with van der Waals surface area (Å²) in [5, 5.41) is -0.333. The average molecular weight is 470 g/mol. The van der Waals surface area contributed by atoms with Gasteiger partial charge in [0.1, 0.15) is 6.04 Å². The Balaban J connectivity index is 1.71. The number of hydrogen-bond donors (Lipinski definition) is 3. The molecule has 8 nitrogen and oxygen atoms in total. The Hall–Kier alpha value is -1.92. The van der Waals surface area contributed by atoms with Gasteiger partial charge in [-0.25, -0.2) is 16.8 Å². The van der Waals surface area contributed by atoms with Gasteiger partial charge in [0.15, 0.2) is 0 Å². The maximum absolute atomic E-state index is 12.9. The summed E-state index contributed by atoms with van der Waals surface area (Å²) in [5.74, 6) is -1.01. The third-order valence-electron chi connectivity index (χ3n) is 4.73. The Labute approximate surface area is 182 Å². The van der Waals surface area contributed by atoms with Crippen LogP contribution in [-0.4, -0.2) is 44.9 Å². The summed E-state index contributed by atoms with van der Waals surface area (Å²) < 4.78 is 51.6. The minimum atomic E-state index is -3.99. The van der Waals surface area contributed by atoms with Crippen LogP contribution in [0.15, 0.2) is 59.5 Å². The molecule has 0 unspecified atom stereocenters. The molecule has 1 aliphatic heterocycles. The van der Waals surface area contributed by atoms with Crippen LogP contribution < -0.4 is 10.3 Å². The van der Waals surface area contributed by atoms with Crippen LogP contribution in [0, 0.1) is 6.92 Å². The second kappa shape index (κ2) is 9.06. The van der Waals surface area contributed by atoms with Crippen LogP contribution in [0.5, 0.6) is 0 Å². The summed E-state index contributed by atoms with van der Waals surface area (Å²) in [4.78, 5) is 14.7. The molecule has 3 rings (SSSR count). The Bertz CT molecular complexity index is 1100. The normalized spacial score (nSPS) is 20.2. The summed E-state index contributed by atoms with van der Waals surface area (Å²) in [6.07, 6.45) is 0.176. The molecule has 0 aliphatic carbocycles. The summed E-state index contributed by atoms with van der Waals surface area (Å²) in [7, 11) is -7.79.